The second-order valence-electron chi connectivity index (χ2n) is 6.73. The predicted octanol–water partition coefficient (Wildman–Crippen LogP) is 3.66. The van der Waals surface area contributed by atoms with E-state index in [0.29, 0.717) is 17.3 Å². The van der Waals surface area contributed by atoms with E-state index in [9.17, 15) is 4.79 Å². The van der Waals surface area contributed by atoms with Crippen LogP contribution < -0.4 is 14.8 Å². The molecule has 29 heavy (non-hydrogen) atoms. The van der Waals surface area contributed by atoms with Crippen molar-refractivity contribution in [2.45, 2.75) is 13.0 Å². The number of aryl methyl sites for hydroxylation is 2. The van der Waals surface area contributed by atoms with Crippen LogP contribution in [-0.4, -0.2) is 29.7 Å². The number of benzene rings is 2. The van der Waals surface area contributed by atoms with Gasteiger partial charge in [-0.25, -0.2) is 4.98 Å². The standard InChI is InChI=1S/C23H25N3O3/c1-16-6-5-7-17(12-16)8-9-21(27)25-22(23-24-10-11-26(23)2)18-13-19(28-3)15-20(14-18)29-4/h5-15,22H,1-4H3,(H,25,27)/b9-8+. The van der Waals surface area contributed by atoms with E-state index in [2.05, 4.69) is 10.3 Å². The van der Waals surface area contributed by atoms with E-state index in [1.807, 2.05) is 61.1 Å². The fourth-order valence-electron chi connectivity index (χ4n) is 3.08. The zero-order valence-corrected chi connectivity index (χ0v) is 17.0. The molecule has 0 saturated carbocycles. The lowest BCUT2D eigenvalue weighted by Gasteiger charge is -2.20. The molecule has 0 spiro atoms. The molecule has 0 saturated heterocycles. The Labute approximate surface area is 170 Å². The van der Waals surface area contributed by atoms with Gasteiger partial charge in [0.05, 0.1) is 14.2 Å². The monoisotopic (exact) mass is 391 g/mol. The van der Waals surface area contributed by atoms with Crippen molar-refractivity contribution in [1.29, 1.82) is 0 Å². The number of amides is 1. The van der Waals surface area contributed by atoms with Gasteiger partial charge in [-0.2, -0.15) is 0 Å². The number of nitrogens with one attached hydrogen (secondary N) is 1. The molecule has 3 rings (SSSR count). The van der Waals surface area contributed by atoms with Crippen LogP contribution in [0.4, 0.5) is 0 Å². The van der Waals surface area contributed by atoms with E-state index in [1.165, 1.54) is 6.08 Å². The normalized spacial score (nSPS) is 12.0. The van der Waals surface area contributed by atoms with Crippen molar-refractivity contribution in [2.75, 3.05) is 14.2 Å². The van der Waals surface area contributed by atoms with Crippen LogP contribution in [0.2, 0.25) is 0 Å². The van der Waals surface area contributed by atoms with Gasteiger partial charge >= 0.3 is 0 Å². The highest BCUT2D eigenvalue weighted by molar-refractivity contribution is 5.92. The molecule has 1 aromatic heterocycles. The number of nitrogens with zero attached hydrogens (tertiary/aromatic N) is 2. The van der Waals surface area contributed by atoms with E-state index in [1.54, 1.807) is 32.6 Å². The van der Waals surface area contributed by atoms with Crippen molar-refractivity contribution >= 4 is 12.0 Å². The molecular formula is C23H25N3O3. The van der Waals surface area contributed by atoms with Crippen LogP contribution in [0.3, 0.4) is 0 Å². The fourth-order valence-corrected chi connectivity index (χ4v) is 3.08. The van der Waals surface area contributed by atoms with E-state index in [0.717, 1.165) is 16.7 Å². The Kier molecular flexibility index (Phi) is 6.34. The van der Waals surface area contributed by atoms with Gasteiger partial charge in [0.25, 0.3) is 0 Å². The third-order valence-corrected chi connectivity index (χ3v) is 4.58. The number of hydrogen-bond donors (Lipinski definition) is 1. The van der Waals surface area contributed by atoms with Crippen molar-refractivity contribution in [3.05, 3.63) is 83.4 Å². The maximum absolute atomic E-state index is 12.7. The summed E-state index contributed by atoms with van der Waals surface area (Å²) in [5.41, 5.74) is 2.92. The molecule has 0 fully saturated rings. The second-order valence-corrected chi connectivity index (χ2v) is 6.73. The zero-order chi connectivity index (χ0) is 20.8. The summed E-state index contributed by atoms with van der Waals surface area (Å²) in [6.45, 7) is 2.02. The molecule has 150 valence electrons. The molecule has 0 aliphatic heterocycles. The number of carbonyl (C=O) groups is 1. The predicted molar refractivity (Wildman–Crippen MR) is 113 cm³/mol. The van der Waals surface area contributed by atoms with Crippen LogP contribution in [0.1, 0.15) is 28.6 Å². The Bertz CT molecular complexity index is 1000. The van der Waals surface area contributed by atoms with Crippen molar-refractivity contribution in [3.8, 4) is 11.5 Å². The third-order valence-electron chi connectivity index (χ3n) is 4.58. The first-order valence-electron chi connectivity index (χ1n) is 9.25. The highest BCUT2D eigenvalue weighted by atomic mass is 16.5. The minimum atomic E-state index is -0.464. The maximum Gasteiger partial charge on any atom is 0.244 e. The third kappa shape index (κ3) is 5.04. The molecule has 1 atom stereocenters. The largest absolute Gasteiger partial charge is 0.497 e. The number of carbonyl (C=O) groups excluding carboxylic acids is 1. The molecule has 0 radical (unpaired) electrons. The molecule has 0 aliphatic carbocycles. The lowest BCUT2D eigenvalue weighted by atomic mass is 10.0. The van der Waals surface area contributed by atoms with Crippen molar-refractivity contribution in [2.24, 2.45) is 7.05 Å². The minimum absolute atomic E-state index is 0.221. The van der Waals surface area contributed by atoms with Gasteiger partial charge in [-0.1, -0.05) is 29.8 Å². The maximum atomic E-state index is 12.7. The quantitative estimate of drug-likeness (QED) is 0.624. The molecule has 6 nitrogen and oxygen atoms in total. The summed E-state index contributed by atoms with van der Waals surface area (Å²) in [4.78, 5) is 17.1. The molecule has 1 amide bonds. The van der Waals surface area contributed by atoms with Crippen LogP contribution in [0.25, 0.3) is 6.08 Å². The van der Waals surface area contributed by atoms with Gasteiger partial charge in [-0.15, -0.1) is 0 Å². The van der Waals surface area contributed by atoms with Crippen LogP contribution in [0.5, 0.6) is 11.5 Å². The molecule has 1 heterocycles. The van der Waals surface area contributed by atoms with E-state index in [-0.39, 0.29) is 5.91 Å². The van der Waals surface area contributed by atoms with Crippen LogP contribution in [0.15, 0.2) is 60.9 Å². The fraction of sp³-hybridized carbons (Fsp3) is 0.217. The van der Waals surface area contributed by atoms with Crippen molar-refractivity contribution in [3.63, 3.8) is 0 Å². The number of aromatic nitrogens is 2. The molecule has 1 unspecified atom stereocenters. The second kappa shape index (κ2) is 9.10. The molecule has 0 aliphatic rings. The minimum Gasteiger partial charge on any atom is -0.497 e. The average Bonchev–Trinajstić information content (AvgIpc) is 3.15. The Morgan fingerprint density at radius 3 is 2.45 bits per heavy atom. The lowest BCUT2D eigenvalue weighted by Crippen LogP contribution is -2.29. The summed E-state index contributed by atoms with van der Waals surface area (Å²) in [6.07, 6.45) is 6.87. The number of hydrogen-bond acceptors (Lipinski definition) is 4. The number of rotatable bonds is 7. The lowest BCUT2D eigenvalue weighted by molar-refractivity contribution is -0.117. The van der Waals surface area contributed by atoms with Crippen molar-refractivity contribution < 1.29 is 14.3 Å². The van der Waals surface area contributed by atoms with E-state index >= 15 is 0 Å². The first-order chi connectivity index (χ1) is 14.0. The summed E-state index contributed by atoms with van der Waals surface area (Å²) < 4.78 is 12.6. The molecule has 3 aromatic rings. The summed E-state index contributed by atoms with van der Waals surface area (Å²) in [7, 11) is 5.08. The molecule has 6 heteroatoms. The number of ether oxygens (including phenoxy) is 2. The Balaban J connectivity index is 1.91. The van der Waals surface area contributed by atoms with Gasteiger partial charge in [0, 0.05) is 31.6 Å². The SMILES string of the molecule is COc1cc(OC)cc(C(NC(=O)/C=C/c2cccc(C)c2)c2nccn2C)c1. The van der Waals surface area contributed by atoms with Crippen LogP contribution in [0, 0.1) is 6.92 Å². The Morgan fingerprint density at radius 2 is 1.86 bits per heavy atom. The average molecular weight is 391 g/mol. The first-order valence-corrected chi connectivity index (χ1v) is 9.25. The van der Waals surface area contributed by atoms with Crippen LogP contribution >= 0.6 is 0 Å². The number of methoxy groups -OCH3 is 2. The summed E-state index contributed by atoms with van der Waals surface area (Å²) in [5, 5.41) is 3.04. The van der Waals surface area contributed by atoms with Gasteiger partial charge < -0.3 is 19.4 Å². The molecular weight excluding hydrogens is 366 g/mol. The highest BCUT2D eigenvalue weighted by Crippen LogP contribution is 2.29. The van der Waals surface area contributed by atoms with E-state index in [4.69, 9.17) is 9.47 Å². The number of imidazole rings is 1. The Morgan fingerprint density at radius 1 is 1.14 bits per heavy atom. The van der Waals surface area contributed by atoms with Gasteiger partial charge in [0.1, 0.15) is 23.4 Å². The van der Waals surface area contributed by atoms with Gasteiger partial charge in [-0.05, 0) is 36.3 Å². The molecule has 1 N–H and O–H groups in total. The summed E-state index contributed by atoms with van der Waals surface area (Å²) >= 11 is 0. The Hall–Kier alpha value is -3.54. The zero-order valence-electron chi connectivity index (χ0n) is 17.0. The smallest absolute Gasteiger partial charge is 0.244 e. The van der Waals surface area contributed by atoms with Crippen molar-refractivity contribution in [1.82, 2.24) is 14.9 Å². The highest BCUT2D eigenvalue weighted by Gasteiger charge is 2.21. The topological polar surface area (TPSA) is 65.4 Å². The van der Waals surface area contributed by atoms with E-state index < -0.39 is 6.04 Å². The molecule has 0 bridgehead atoms. The van der Waals surface area contributed by atoms with Gasteiger partial charge in [0.15, 0.2) is 0 Å². The molecule has 2 aromatic carbocycles. The summed E-state index contributed by atoms with van der Waals surface area (Å²) in [6, 6.07) is 13.0. The summed E-state index contributed by atoms with van der Waals surface area (Å²) in [5.74, 6) is 1.77. The first kappa shape index (κ1) is 20.2. The van der Waals surface area contributed by atoms with Gasteiger partial charge in [0.2, 0.25) is 5.91 Å². The van der Waals surface area contributed by atoms with Crippen LogP contribution in [-0.2, 0) is 11.8 Å². The van der Waals surface area contributed by atoms with Gasteiger partial charge in [-0.3, -0.25) is 4.79 Å².